The summed E-state index contributed by atoms with van der Waals surface area (Å²) in [6.07, 6.45) is -4.67. The third-order valence-corrected chi connectivity index (χ3v) is 3.83. The molecule has 126 valence electrons. The molecule has 23 heavy (non-hydrogen) atoms. The van der Waals surface area contributed by atoms with E-state index in [2.05, 4.69) is 15.7 Å². The average Bonchev–Trinajstić information content (AvgIpc) is 2.54. The van der Waals surface area contributed by atoms with Gasteiger partial charge in [0.15, 0.2) is 11.5 Å². The van der Waals surface area contributed by atoms with Crippen molar-refractivity contribution in [2.45, 2.75) is 12.2 Å². The Kier molecular flexibility index (Phi) is 4.02. The average molecular weight is 331 g/mol. The number of nitrogens with one attached hydrogen (secondary N) is 2. The van der Waals surface area contributed by atoms with Gasteiger partial charge in [0.25, 0.3) is 0 Å². The first-order valence-electron chi connectivity index (χ1n) is 7.09. The van der Waals surface area contributed by atoms with E-state index in [0.29, 0.717) is 26.2 Å². The number of hydrazine groups is 1. The smallest absolute Gasteiger partial charge is 0.437 e. The van der Waals surface area contributed by atoms with Crippen LogP contribution in [0.1, 0.15) is 5.69 Å². The lowest BCUT2D eigenvalue weighted by Crippen LogP contribution is -2.68. The van der Waals surface area contributed by atoms with Crippen LogP contribution in [-0.4, -0.2) is 55.2 Å². The number of halogens is 3. The number of rotatable bonds is 2. The minimum atomic E-state index is -4.67. The molecule has 1 unspecified atom stereocenters. The van der Waals surface area contributed by atoms with Crippen molar-refractivity contribution in [3.63, 3.8) is 0 Å². The molecule has 2 saturated heterocycles. The number of carbonyl (C=O) groups is 1. The zero-order valence-corrected chi connectivity index (χ0v) is 12.4. The van der Waals surface area contributed by atoms with Crippen LogP contribution in [0.2, 0.25) is 0 Å². The normalized spacial score (nSPS) is 22.1. The predicted molar refractivity (Wildman–Crippen MR) is 75.0 cm³/mol. The van der Waals surface area contributed by atoms with Gasteiger partial charge in [-0.25, -0.2) is 20.2 Å². The summed E-state index contributed by atoms with van der Waals surface area (Å²) in [6.45, 7) is 2.24. The molecule has 7 nitrogen and oxygen atoms in total. The van der Waals surface area contributed by atoms with Gasteiger partial charge in [-0.3, -0.25) is 0 Å². The lowest BCUT2D eigenvalue weighted by Gasteiger charge is -2.43. The number of urea groups is 1. The lowest BCUT2D eigenvalue weighted by molar-refractivity contribution is -0.142. The summed E-state index contributed by atoms with van der Waals surface area (Å²) in [4.78, 5) is 17.7. The third kappa shape index (κ3) is 2.91. The number of hydrogen-bond donors (Lipinski definition) is 2. The number of anilines is 1. The summed E-state index contributed by atoms with van der Waals surface area (Å²) in [7, 11) is 1.14. The first-order chi connectivity index (χ1) is 10.9. The fourth-order valence-corrected chi connectivity index (χ4v) is 2.70. The number of amides is 2. The molecule has 2 fully saturated rings. The van der Waals surface area contributed by atoms with Crippen molar-refractivity contribution in [2.75, 3.05) is 38.3 Å². The highest BCUT2D eigenvalue weighted by molar-refractivity contribution is 5.91. The Balaban J connectivity index is 1.91. The highest BCUT2D eigenvalue weighted by Crippen LogP contribution is 2.36. The van der Waals surface area contributed by atoms with Gasteiger partial charge in [0.05, 0.1) is 13.2 Å². The fraction of sp³-hybridized carbons (Fsp3) is 0.538. The summed E-state index contributed by atoms with van der Waals surface area (Å²) in [6, 6.07) is 2.05. The number of fused-ring (bicyclic) bond motifs is 1. The number of ether oxygens (including phenoxy) is 1. The molecule has 0 aromatic carbocycles. The second-order valence-electron chi connectivity index (χ2n) is 5.25. The van der Waals surface area contributed by atoms with Crippen molar-refractivity contribution in [1.82, 2.24) is 20.6 Å². The first kappa shape index (κ1) is 15.8. The van der Waals surface area contributed by atoms with Crippen LogP contribution in [0.5, 0.6) is 5.75 Å². The maximum Gasteiger partial charge on any atom is 0.437 e. The number of methoxy groups -OCH3 is 1. The van der Waals surface area contributed by atoms with Gasteiger partial charge in [-0.15, -0.1) is 0 Å². The highest BCUT2D eigenvalue weighted by Gasteiger charge is 2.39. The van der Waals surface area contributed by atoms with Crippen molar-refractivity contribution >= 4 is 11.8 Å². The van der Waals surface area contributed by atoms with Gasteiger partial charge in [0.2, 0.25) is 0 Å². The molecule has 0 spiro atoms. The number of aromatic nitrogens is 1. The number of alkyl halides is 3. The van der Waals surface area contributed by atoms with Crippen molar-refractivity contribution in [3.8, 4) is 5.75 Å². The summed E-state index contributed by atoms with van der Waals surface area (Å²) >= 11 is 0. The molecule has 2 amide bonds. The molecule has 0 saturated carbocycles. The molecular formula is C13H16F3N5O2. The minimum absolute atomic E-state index is 0.0205. The van der Waals surface area contributed by atoms with Gasteiger partial charge < -0.3 is 15.0 Å². The predicted octanol–water partition coefficient (Wildman–Crippen LogP) is 0.827. The van der Waals surface area contributed by atoms with Crippen LogP contribution in [0.25, 0.3) is 0 Å². The molecule has 1 aromatic rings. The van der Waals surface area contributed by atoms with Crippen molar-refractivity contribution in [2.24, 2.45) is 0 Å². The Hall–Kier alpha value is -2.07. The van der Waals surface area contributed by atoms with Gasteiger partial charge in [-0.2, -0.15) is 13.2 Å². The van der Waals surface area contributed by atoms with Crippen LogP contribution in [0.3, 0.4) is 0 Å². The van der Waals surface area contributed by atoms with E-state index in [1.54, 1.807) is 4.90 Å². The van der Waals surface area contributed by atoms with Crippen LogP contribution in [0, 0.1) is 0 Å². The van der Waals surface area contributed by atoms with Gasteiger partial charge in [-0.1, -0.05) is 0 Å². The molecular weight excluding hydrogens is 315 g/mol. The van der Waals surface area contributed by atoms with E-state index < -0.39 is 17.9 Å². The molecule has 3 rings (SSSR count). The van der Waals surface area contributed by atoms with E-state index in [1.165, 1.54) is 6.07 Å². The van der Waals surface area contributed by atoms with Crippen LogP contribution in [-0.2, 0) is 6.18 Å². The molecule has 3 heterocycles. The number of piperazine rings is 1. The van der Waals surface area contributed by atoms with Crippen LogP contribution >= 0.6 is 0 Å². The van der Waals surface area contributed by atoms with Crippen LogP contribution in [0.4, 0.5) is 23.8 Å². The van der Waals surface area contributed by atoms with Crippen molar-refractivity contribution in [1.29, 1.82) is 0 Å². The third-order valence-electron chi connectivity index (χ3n) is 3.83. The van der Waals surface area contributed by atoms with E-state index in [9.17, 15) is 18.0 Å². The molecule has 1 atom stereocenters. The molecule has 2 aliphatic rings. The number of carbonyl (C=O) groups excluding carboxylic acids is 1. The molecule has 1 aromatic heterocycles. The van der Waals surface area contributed by atoms with Crippen molar-refractivity contribution in [3.05, 3.63) is 17.8 Å². The van der Waals surface area contributed by atoms with E-state index in [0.717, 1.165) is 18.2 Å². The Labute approximate surface area is 130 Å². The number of pyridine rings is 1. The fourth-order valence-electron chi connectivity index (χ4n) is 2.70. The SMILES string of the molecule is COc1ccc(N2NCC3CNCCN3C2=O)nc1C(F)(F)F. The Morgan fingerprint density at radius 1 is 1.35 bits per heavy atom. The van der Waals surface area contributed by atoms with E-state index in [1.807, 2.05) is 0 Å². The molecule has 2 aliphatic heterocycles. The first-order valence-corrected chi connectivity index (χ1v) is 7.09. The van der Waals surface area contributed by atoms with Gasteiger partial charge in [0, 0.05) is 26.2 Å². The van der Waals surface area contributed by atoms with Gasteiger partial charge in [-0.05, 0) is 12.1 Å². The maximum absolute atomic E-state index is 13.1. The van der Waals surface area contributed by atoms with E-state index in [4.69, 9.17) is 4.74 Å². The molecule has 0 bridgehead atoms. The zero-order valence-electron chi connectivity index (χ0n) is 12.4. The standard InChI is InChI=1S/C13H16F3N5O2/c1-23-9-2-3-10(19-11(9)13(14,15)16)21-12(22)20-5-4-17-6-8(20)7-18-21/h2-3,8,17-18H,4-7H2,1H3. The van der Waals surface area contributed by atoms with Crippen molar-refractivity contribution < 1.29 is 22.7 Å². The Bertz CT molecular complexity index is 610. The summed E-state index contributed by atoms with van der Waals surface area (Å²) < 4.78 is 43.9. The van der Waals surface area contributed by atoms with E-state index in [-0.39, 0.29) is 17.6 Å². The summed E-state index contributed by atoms with van der Waals surface area (Å²) in [5, 5.41) is 4.22. The molecule has 2 N–H and O–H groups in total. The highest BCUT2D eigenvalue weighted by atomic mass is 19.4. The molecule has 0 aliphatic carbocycles. The van der Waals surface area contributed by atoms with Gasteiger partial charge in [0.1, 0.15) is 5.75 Å². The molecule has 10 heteroatoms. The second-order valence-corrected chi connectivity index (χ2v) is 5.25. The van der Waals surface area contributed by atoms with E-state index >= 15 is 0 Å². The molecule has 0 radical (unpaired) electrons. The largest absolute Gasteiger partial charge is 0.494 e. The summed E-state index contributed by atoms with van der Waals surface area (Å²) in [5.41, 5.74) is 1.67. The quantitative estimate of drug-likeness (QED) is 0.840. The zero-order chi connectivity index (χ0) is 16.6. The minimum Gasteiger partial charge on any atom is -0.494 e. The second kappa shape index (κ2) is 5.85. The van der Waals surface area contributed by atoms with Crippen LogP contribution in [0.15, 0.2) is 12.1 Å². The topological polar surface area (TPSA) is 69.7 Å². The maximum atomic E-state index is 13.1. The Morgan fingerprint density at radius 2 is 2.13 bits per heavy atom. The number of nitrogens with zero attached hydrogens (tertiary/aromatic N) is 3. The Morgan fingerprint density at radius 3 is 2.83 bits per heavy atom. The van der Waals surface area contributed by atoms with Gasteiger partial charge >= 0.3 is 12.2 Å². The monoisotopic (exact) mass is 331 g/mol. The van der Waals surface area contributed by atoms with Crippen LogP contribution < -0.4 is 20.5 Å². The summed E-state index contributed by atoms with van der Waals surface area (Å²) in [5.74, 6) is -0.495. The lowest BCUT2D eigenvalue weighted by atomic mass is 10.2. The number of hydrogen-bond acceptors (Lipinski definition) is 5.